The fraction of sp³-hybridized carbons (Fsp3) is 0.333. The van der Waals surface area contributed by atoms with Crippen LogP contribution < -0.4 is 16.0 Å². The van der Waals surface area contributed by atoms with Crippen molar-refractivity contribution in [1.82, 2.24) is 10.9 Å². The smallest absolute Gasteiger partial charge is 0.258 e. The van der Waals surface area contributed by atoms with Gasteiger partial charge in [0.15, 0.2) is 4.21 Å². The number of aryl methyl sites for hydroxylation is 1. The third-order valence-corrected chi connectivity index (χ3v) is 5.68. The number of nitro groups is 1. The van der Waals surface area contributed by atoms with Crippen molar-refractivity contribution in [2.75, 3.05) is 18.2 Å². The lowest BCUT2D eigenvalue weighted by atomic mass is 10.2. The largest absolute Gasteiger partial charge is 0.342 e. The van der Waals surface area contributed by atoms with Gasteiger partial charge in [0.2, 0.25) is 5.00 Å². The molecule has 0 fully saturated rings. The van der Waals surface area contributed by atoms with Crippen LogP contribution in [0, 0.1) is 17.0 Å². The van der Waals surface area contributed by atoms with E-state index in [1.165, 1.54) is 0 Å². The Balaban J connectivity index is 2.34. The van der Waals surface area contributed by atoms with E-state index >= 15 is 0 Å². The molecule has 0 aliphatic carbocycles. The highest BCUT2D eigenvalue weighted by atomic mass is 32.3. The van der Waals surface area contributed by atoms with E-state index < -0.39 is 25.0 Å². The van der Waals surface area contributed by atoms with E-state index in [0.29, 0.717) is 36.2 Å². The first-order valence-corrected chi connectivity index (χ1v) is 10.4. The highest BCUT2D eigenvalue weighted by Crippen LogP contribution is 2.41. The van der Waals surface area contributed by atoms with Crippen molar-refractivity contribution >= 4 is 43.6 Å². The SMILES string of the molecule is CCNN(NCC)c1ccc(N=Nc2sc(S(=O)(=O)F)cc2[N+](=O)[O-])c(C)c1. The number of thiophene rings is 1. The number of benzene rings is 1. The molecule has 0 aliphatic rings. The van der Waals surface area contributed by atoms with Crippen LogP contribution in [0.3, 0.4) is 0 Å². The zero-order chi connectivity index (χ0) is 20.9. The van der Waals surface area contributed by atoms with Crippen LogP contribution in [-0.2, 0) is 10.2 Å². The summed E-state index contributed by atoms with van der Waals surface area (Å²) >= 11 is 0.348. The molecule has 152 valence electrons. The molecule has 0 aliphatic heterocycles. The van der Waals surface area contributed by atoms with E-state index in [1.54, 1.807) is 24.2 Å². The minimum atomic E-state index is -5.06. The first-order valence-electron chi connectivity index (χ1n) is 8.19. The number of anilines is 1. The molecule has 0 saturated heterocycles. The molecule has 0 amide bonds. The summed E-state index contributed by atoms with van der Waals surface area (Å²) < 4.78 is 34.3. The molecule has 10 nitrogen and oxygen atoms in total. The second-order valence-corrected chi connectivity index (χ2v) is 8.08. The van der Waals surface area contributed by atoms with Gasteiger partial charge in [-0.1, -0.05) is 29.1 Å². The van der Waals surface area contributed by atoms with Crippen molar-refractivity contribution in [3.63, 3.8) is 0 Å². The number of hydrazine groups is 2. The zero-order valence-corrected chi connectivity index (χ0v) is 17.0. The van der Waals surface area contributed by atoms with Crippen LogP contribution in [0.5, 0.6) is 0 Å². The molecule has 0 bridgehead atoms. The average molecular weight is 430 g/mol. The summed E-state index contributed by atoms with van der Waals surface area (Å²) in [5, 5.41) is 20.2. The Morgan fingerprint density at radius 3 is 2.36 bits per heavy atom. The highest BCUT2D eigenvalue weighted by molar-refractivity contribution is 7.88. The lowest BCUT2D eigenvalue weighted by Gasteiger charge is -2.25. The lowest BCUT2D eigenvalue weighted by molar-refractivity contribution is -0.383. The maximum Gasteiger partial charge on any atom is 0.342 e. The highest BCUT2D eigenvalue weighted by Gasteiger charge is 2.26. The predicted molar refractivity (Wildman–Crippen MR) is 104 cm³/mol. The maximum absolute atomic E-state index is 13.1. The van der Waals surface area contributed by atoms with Crippen molar-refractivity contribution in [1.29, 1.82) is 0 Å². The Morgan fingerprint density at radius 1 is 1.21 bits per heavy atom. The van der Waals surface area contributed by atoms with Crippen LogP contribution in [0.4, 0.5) is 25.9 Å². The van der Waals surface area contributed by atoms with E-state index in [1.807, 2.05) is 19.9 Å². The number of rotatable bonds is 9. The molecule has 2 N–H and O–H groups in total. The van der Waals surface area contributed by atoms with E-state index in [9.17, 15) is 22.4 Å². The summed E-state index contributed by atoms with van der Waals surface area (Å²) in [4.78, 5) is 10.2. The van der Waals surface area contributed by atoms with Crippen LogP contribution in [0.1, 0.15) is 19.4 Å². The van der Waals surface area contributed by atoms with Crippen molar-refractivity contribution in [3.05, 3.63) is 39.9 Å². The van der Waals surface area contributed by atoms with Gasteiger partial charge in [-0.3, -0.25) is 10.1 Å². The second-order valence-electron chi connectivity index (χ2n) is 5.48. The Bertz CT molecular complexity index is 986. The fourth-order valence-corrected chi connectivity index (χ4v) is 3.79. The first-order chi connectivity index (χ1) is 13.2. The van der Waals surface area contributed by atoms with Crippen LogP contribution in [0.15, 0.2) is 38.7 Å². The zero-order valence-electron chi connectivity index (χ0n) is 15.3. The number of azo groups is 1. The van der Waals surface area contributed by atoms with Gasteiger partial charge < -0.3 is 0 Å². The number of hydrogen-bond acceptors (Lipinski definition) is 10. The summed E-state index contributed by atoms with van der Waals surface area (Å²) in [6.45, 7) is 7.11. The van der Waals surface area contributed by atoms with Crippen LogP contribution >= 0.6 is 11.3 Å². The summed E-state index contributed by atoms with van der Waals surface area (Å²) in [6, 6.07) is 5.91. The molecule has 2 aromatic rings. The Hall–Kier alpha value is -2.48. The van der Waals surface area contributed by atoms with E-state index in [0.717, 1.165) is 11.3 Å². The van der Waals surface area contributed by atoms with Crippen molar-refractivity contribution in [2.24, 2.45) is 10.2 Å². The van der Waals surface area contributed by atoms with Crippen LogP contribution in [0.2, 0.25) is 0 Å². The molecule has 0 unspecified atom stereocenters. The fourth-order valence-electron chi connectivity index (χ4n) is 2.22. The van der Waals surface area contributed by atoms with Crippen LogP contribution in [0.25, 0.3) is 0 Å². The van der Waals surface area contributed by atoms with E-state index in [-0.39, 0.29) is 5.00 Å². The molecule has 1 heterocycles. The first kappa shape index (κ1) is 21.8. The van der Waals surface area contributed by atoms with E-state index in [4.69, 9.17) is 0 Å². The predicted octanol–water partition coefficient (Wildman–Crippen LogP) is 3.89. The molecular weight excluding hydrogens is 411 g/mol. The lowest BCUT2D eigenvalue weighted by Crippen LogP contribution is -2.48. The van der Waals surface area contributed by atoms with Crippen molar-refractivity contribution < 1.29 is 17.2 Å². The minimum absolute atomic E-state index is 0.299. The maximum atomic E-state index is 13.1. The third kappa shape index (κ3) is 5.28. The normalized spacial score (nSPS) is 11.9. The van der Waals surface area contributed by atoms with E-state index in [2.05, 4.69) is 21.1 Å². The Kier molecular flexibility index (Phi) is 7.12. The summed E-state index contributed by atoms with van der Waals surface area (Å²) in [7, 11) is -5.06. The average Bonchev–Trinajstić information content (AvgIpc) is 3.05. The molecule has 0 spiro atoms. The van der Waals surface area contributed by atoms with Gasteiger partial charge >= 0.3 is 15.9 Å². The molecule has 1 aromatic carbocycles. The molecule has 28 heavy (non-hydrogen) atoms. The van der Waals surface area contributed by atoms with Crippen LogP contribution in [-0.4, -0.2) is 26.4 Å². The molecule has 2 rings (SSSR count). The number of nitrogens with one attached hydrogen (secondary N) is 2. The summed E-state index contributed by atoms with van der Waals surface area (Å²) in [5.74, 6) is 0. The Morgan fingerprint density at radius 2 is 1.86 bits per heavy atom. The number of hydrogen-bond donors (Lipinski definition) is 2. The van der Waals surface area contributed by atoms with Gasteiger partial charge in [-0.25, -0.2) is 16.0 Å². The molecule has 1 aromatic heterocycles. The number of halogens is 1. The molecule has 13 heteroatoms. The van der Waals surface area contributed by atoms with Gasteiger partial charge in [0.1, 0.15) is 0 Å². The van der Waals surface area contributed by atoms with Gasteiger partial charge in [-0.15, -0.1) is 10.2 Å². The molecule has 0 radical (unpaired) electrons. The van der Waals surface area contributed by atoms with Gasteiger partial charge in [-0.05, 0) is 30.7 Å². The van der Waals surface area contributed by atoms with Gasteiger partial charge in [0, 0.05) is 13.1 Å². The third-order valence-electron chi connectivity index (χ3n) is 3.43. The summed E-state index contributed by atoms with van der Waals surface area (Å²) in [5.41, 5.74) is 7.66. The minimum Gasteiger partial charge on any atom is -0.258 e. The van der Waals surface area contributed by atoms with Gasteiger partial charge in [0.05, 0.1) is 22.4 Å². The standard InChI is InChI=1S/C15H19FN6O4S2/c1-4-17-21(18-5-2)11-6-7-12(10(3)8-11)19-20-15-13(22(23)24)9-14(27-15)28(16,25)26/h6-9,17-18H,4-5H2,1-3H3. The van der Waals surface area contributed by atoms with Gasteiger partial charge in [0.25, 0.3) is 0 Å². The second kappa shape index (κ2) is 9.14. The topological polar surface area (TPSA) is 129 Å². The molecule has 0 atom stereocenters. The summed E-state index contributed by atoms with van der Waals surface area (Å²) in [6.07, 6.45) is 0. The molecular formula is C15H19FN6O4S2. The number of nitrogens with zero attached hydrogens (tertiary/aromatic N) is 4. The Labute approximate surface area is 165 Å². The quantitative estimate of drug-likeness (QED) is 0.267. The monoisotopic (exact) mass is 430 g/mol. The molecule has 0 saturated carbocycles. The van der Waals surface area contributed by atoms with Crippen molar-refractivity contribution in [3.8, 4) is 0 Å². The van der Waals surface area contributed by atoms with Crippen molar-refractivity contribution in [2.45, 2.75) is 25.0 Å². The van der Waals surface area contributed by atoms with Gasteiger partial charge in [-0.2, -0.15) is 8.42 Å².